The van der Waals surface area contributed by atoms with Crippen molar-refractivity contribution in [1.82, 2.24) is 4.40 Å². The lowest BCUT2D eigenvalue weighted by molar-refractivity contribution is 0.0603. The maximum atomic E-state index is 12.2. The molecule has 2 aromatic carbocycles. The van der Waals surface area contributed by atoms with Crippen LogP contribution in [0, 0.1) is 6.92 Å². The van der Waals surface area contributed by atoms with Crippen molar-refractivity contribution < 1.29 is 9.53 Å². The average Bonchev–Trinajstić information content (AvgIpc) is 3.02. The third-order valence-electron chi connectivity index (χ3n) is 4.39. The Morgan fingerprint density at radius 1 is 0.917 bits per heavy atom. The number of fused-ring (bicyclic) bond motifs is 3. The molecule has 0 radical (unpaired) electrons. The summed E-state index contributed by atoms with van der Waals surface area (Å²) in [7, 11) is 1.42. The Balaban J connectivity index is 2.13. The van der Waals surface area contributed by atoms with E-state index in [2.05, 4.69) is 47.7 Å². The molecule has 0 atom stereocenters. The van der Waals surface area contributed by atoms with Gasteiger partial charge in [0.1, 0.15) is 0 Å². The van der Waals surface area contributed by atoms with E-state index in [4.69, 9.17) is 4.74 Å². The summed E-state index contributed by atoms with van der Waals surface area (Å²) < 4.78 is 7.10. The van der Waals surface area contributed by atoms with Crippen molar-refractivity contribution >= 4 is 22.4 Å². The minimum atomic E-state index is -0.318. The highest BCUT2D eigenvalue weighted by molar-refractivity contribution is 6.01. The number of ether oxygens (including phenoxy) is 1. The second kappa shape index (κ2) is 5.53. The number of benzene rings is 2. The lowest BCUT2D eigenvalue weighted by Crippen LogP contribution is -2.00. The van der Waals surface area contributed by atoms with E-state index >= 15 is 0 Å². The van der Waals surface area contributed by atoms with Crippen LogP contribution >= 0.6 is 0 Å². The molecule has 0 amide bonds. The van der Waals surface area contributed by atoms with Crippen molar-refractivity contribution in [3.05, 3.63) is 77.9 Å². The zero-order chi connectivity index (χ0) is 16.7. The van der Waals surface area contributed by atoms with Gasteiger partial charge in [-0.1, -0.05) is 54.1 Å². The first-order valence-electron chi connectivity index (χ1n) is 7.87. The predicted octanol–water partition coefficient (Wildman–Crippen LogP) is 4.85. The number of methoxy groups -OCH3 is 1. The normalized spacial score (nSPS) is 11.1. The molecule has 4 rings (SSSR count). The SMILES string of the molecule is COC(=O)c1cc(-c2ccc(C)cc2)n2c1ccc1ccccc12. The van der Waals surface area contributed by atoms with Crippen molar-refractivity contribution in [2.45, 2.75) is 6.92 Å². The van der Waals surface area contributed by atoms with Gasteiger partial charge in [-0.2, -0.15) is 0 Å². The Bertz CT molecular complexity index is 1060. The fraction of sp³-hybridized carbons (Fsp3) is 0.0952. The van der Waals surface area contributed by atoms with Gasteiger partial charge in [-0.05, 0) is 36.1 Å². The Morgan fingerprint density at radius 3 is 2.42 bits per heavy atom. The van der Waals surface area contributed by atoms with Crippen LogP contribution in [0.4, 0.5) is 0 Å². The third kappa shape index (κ3) is 2.17. The van der Waals surface area contributed by atoms with Crippen molar-refractivity contribution in [2.24, 2.45) is 0 Å². The molecule has 2 aromatic heterocycles. The first-order chi connectivity index (χ1) is 11.7. The highest BCUT2D eigenvalue weighted by Gasteiger charge is 2.18. The summed E-state index contributed by atoms with van der Waals surface area (Å²) in [5.41, 5.74) is 5.78. The number of hydrogen-bond donors (Lipinski definition) is 0. The maximum absolute atomic E-state index is 12.2. The first-order valence-corrected chi connectivity index (χ1v) is 7.87. The van der Waals surface area contributed by atoms with E-state index in [0.717, 1.165) is 27.7 Å². The quantitative estimate of drug-likeness (QED) is 0.495. The van der Waals surface area contributed by atoms with Gasteiger partial charge >= 0.3 is 5.97 Å². The summed E-state index contributed by atoms with van der Waals surface area (Å²) in [6.07, 6.45) is 0. The molecule has 24 heavy (non-hydrogen) atoms. The second-order valence-electron chi connectivity index (χ2n) is 5.91. The monoisotopic (exact) mass is 315 g/mol. The van der Waals surface area contributed by atoms with Crippen LogP contribution < -0.4 is 0 Å². The van der Waals surface area contributed by atoms with Gasteiger partial charge in [0.05, 0.1) is 29.4 Å². The van der Waals surface area contributed by atoms with E-state index in [1.165, 1.54) is 12.7 Å². The van der Waals surface area contributed by atoms with Gasteiger partial charge in [0.25, 0.3) is 0 Å². The number of nitrogens with zero attached hydrogens (tertiary/aromatic N) is 1. The molecule has 0 saturated carbocycles. The molecule has 0 aliphatic heterocycles. The Morgan fingerprint density at radius 2 is 1.67 bits per heavy atom. The number of aromatic nitrogens is 1. The first kappa shape index (κ1) is 14.5. The number of pyridine rings is 1. The topological polar surface area (TPSA) is 30.7 Å². The number of esters is 1. The van der Waals surface area contributed by atoms with E-state index in [0.29, 0.717) is 5.56 Å². The Kier molecular flexibility index (Phi) is 3.35. The van der Waals surface area contributed by atoms with Crippen LogP contribution in [-0.4, -0.2) is 17.5 Å². The molecule has 0 fully saturated rings. The zero-order valence-electron chi connectivity index (χ0n) is 13.6. The van der Waals surface area contributed by atoms with E-state index < -0.39 is 0 Å². The van der Waals surface area contributed by atoms with Gasteiger partial charge in [0.2, 0.25) is 0 Å². The Hall–Kier alpha value is -3.07. The number of para-hydroxylation sites is 1. The van der Waals surface area contributed by atoms with E-state index in [-0.39, 0.29) is 5.97 Å². The summed E-state index contributed by atoms with van der Waals surface area (Å²) in [5.74, 6) is -0.318. The number of carbonyl (C=O) groups is 1. The van der Waals surface area contributed by atoms with Crippen LogP contribution in [0.25, 0.3) is 27.7 Å². The standard InChI is InChI=1S/C21H17NO2/c1-14-7-9-16(10-8-14)20-13-17(21(23)24-2)19-12-11-15-5-3-4-6-18(15)22(19)20/h3-13H,1-2H3. The van der Waals surface area contributed by atoms with Crippen molar-refractivity contribution in [1.29, 1.82) is 0 Å². The fourth-order valence-electron chi connectivity index (χ4n) is 3.16. The lowest BCUT2D eigenvalue weighted by Gasteiger charge is -2.08. The summed E-state index contributed by atoms with van der Waals surface area (Å²) >= 11 is 0. The molecule has 0 spiro atoms. The van der Waals surface area contributed by atoms with E-state index in [1.807, 2.05) is 30.3 Å². The van der Waals surface area contributed by atoms with Crippen LogP contribution in [0.1, 0.15) is 15.9 Å². The van der Waals surface area contributed by atoms with Gasteiger partial charge in [0.15, 0.2) is 0 Å². The summed E-state index contributed by atoms with van der Waals surface area (Å²) in [5, 5.41) is 1.13. The molecule has 3 nitrogen and oxygen atoms in total. The van der Waals surface area contributed by atoms with Crippen LogP contribution in [-0.2, 0) is 4.74 Å². The third-order valence-corrected chi connectivity index (χ3v) is 4.39. The van der Waals surface area contributed by atoms with Crippen LogP contribution in [0.2, 0.25) is 0 Å². The average molecular weight is 315 g/mol. The van der Waals surface area contributed by atoms with Crippen LogP contribution in [0.5, 0.6) is 0 Å². The van der Waals surface area contributed by atoms with Gasteiger partial charge in [-0.15, -0.1) is 0 Å². The van der Waals surface area contributed by atoms with Crippen molar-refractivity contribution in [3.8, 4) is 11.3 Å². The molecule has 0 aliphatic rings. The molecule has 3 heteroatoms. The minimum Gasteiger partial charge on any atom is -0.465 e. The number of carbonyl (C=O) groups excluding carboxylic acids is 1. The zero-order valence-corrected chi connectivity index (χ0v) is 13.6. The number of aryl methyl sites for hydroxylation is 1. The number of rotatable bonds is 2. The van der Waals surface area contributed by atoms with E-state index in [1.54, 1.807) is 0 Å². The van der Waals surface area contributed by atoms with Crippen molar-refractivity contribution in [2.75, 3.05) is 7.11 Å². The molecule has 4 aromatic rings. The molecule has 0 saturated heterocycles. The van der Waals surface area contributed by atoms with Gasteiger partial charge in [-0.25, -0.2) is 4.79 Å². The molecular formula is C21H17NO2. The van der Waals surface area contributed by atoms with E-state index in [9.17, 15) is 4.79 Å². The molecular weight excluding hydrogens is 298 g/mol. The maximum Gasteiger partial charge on any atom is 0.340 e. The Labute approximate surface area is 140 Å². The molecule has 118 valence electrons. The molecule has 2 heterocycles. The molecule has 0 N–H and O–H groups in total. The second-order valence-corrected chi connectivity index (χ2v) is 5.91. The highest BCUT2D eigenvalue weighted by Crippen LogP contribution is 2.31. The van der Waals surface area contributed by atoms with Gasteiger partial charge in [-0.3, -0.25) is 0 Å². The lowest BCUT2D eigenvalue weighted by atomic mass is 10.1. The molecule has 0 aliphatic carbocycles. The van der Waals surface area contributed by atoms with Gasteiger partial charge < -0.3 is 9.14 Å². The molecule has 0 unspecified atom stereocenters. The minimum absolute atomic E-state index is 0.318. The predicted molar refractivity (Wildman–Crippen MR) is 96.4 cm³/mol. The van der Waals surface area contributed by atoms with Crippen LogP contribution in [0.3, 0.4) is 0 Å². The number of hydrogen-bond acceptors (Lipinski definition) is 2. The fourth-order valence-corrected chi connectivity index (χ4v) is 3.16. The highest BCUT2D eigenvalue weighted by atomic mass is 16.5. The summed E-state index contributed by atoms with van der Waals surface area (Å²) in [6.45, 7) is 2.06. The summed E-state index contributed by atoms with van der Waals surface area (Å²) in [6, 6.07) is 22.4. The largest absolute Gasteiger partial charge is 0.465 e. The van der Waals surface area contributed by atoms with Crippen molar-refractivity contribution in [3.63, 3.8) is 0 Å². The molecule has 0 bridgehead atoms. The smallest absolute Gasteiger partial charge is 0.340 e. The summed E-state index contributed by atoms with van der Waals surface area (Å²) in [4.78, 5) is 12.2. The van der Waals surface area contributed by atoms with Crippen LogP contribution in [0.15, 0.2) is 66.7 Å². The van der Waals surface area contributed by atoms with Gasteiger partial charge in [0, 0.05) is 0 Å².